The first-order valence-corrected chi connectivity index (χ1v) is 10.1. The maximum Gasteiger partial charge on any atom is 0.306 e. The summed E-state index contributed by atoms with van der Waals surface area (Å²) in [7, 11) is 1.63. The number of hydrogen-bond donors (Lipinski definition) is 0. The van der Waals surface area contributed by atoms with Gasteiger partial charge in [0.2, 0.25) is 0 Å². The van der Waals surface area contributed by atoms with E-state index in [4.69, 9.17) is 18.9 Å². The molecule has 3 unspecified atom stereocenters. The molecule has 2 heterocycles. The van der Waals surface area contributed by atoms with Crippen molar-refractivity contribution in [3.63, 3.8) is 0 Å². The van der Waals surface area contributed by atoms with Crippen molar-refractivity contribution in [3.8, 4) is 11.5 Å². The highest BCUT2D eigenvalue weighted by molar-refractivity contribution is 5.70. The summed E-state index contributed by atoms with van der Waals surface area (Å²) in [6, 6.07) is 13.6. The number of benzene rings is 2. The van der Waals surface area contributed by atoms with Gasteiger partial charge in [0.05, 0.1) is 7.11 Å². The average molecular weight is 396 g/mol. The molecular weight excluding hydrogens is 368 g/mol. The molecule has 3 atom stereocenters. The molecule has 4 rings (SSSR count). The van der Waals surface area contributed by atoms with Crippen LogP contribution in [0.5, 0.6) is 11.5 Å². The number of esters is 1. The monoisotopic (exact) mass is 396 g/mol. The van der Waals surface area contributed by atoms with E-state index in [1.165, 1.54) is 0 Å². The maximum absolute atomic E-state index is 12.5. The fraction of sp³-hybridized carbons (Fsp3) is 0.458. The van der Waals surface area contributed by atoms with Crippen LogP contribution in [0.3, 0.4) is 0 Å². The van der Waals surface area contributed by atoms with Gasteiger partial charge in [0.15, 0.2) is 6.10 Å². The molecule has 5 heteroatoms. The molecule has 5 nitrogen and oxygen atoms in total. The van der Waals surface area contributed by atoms with Crippen LogP contribution in [0.15, 0.2) is 42.5 Å². The number of methoxy groups -OCH3 is 1. The van der Waals surface area contributed by atoms with Crippen LogP contribution in [-0.4, -0.2) is 24.8 Å². The Morgan fingerprint density at radius 1 is 1.14 bits per heavy atom. The average Bonchev–Trinajstić information content (AvgIpc) is 3.48. The second-order valence-corrected chi connectivity index (χ2v) is 8.72. The van der Waals surface area contributed by atoms with Gasteiger partial charge in [-0.3, -0.25) is 4.79 Å². The normalized spacial score (nSPS) is 22.1. The lowest BCUT2D eigenvalue weighted by atomic mass is 9.91. The van der Waals surface area contributed by atoms with Gasteiger partial charge < -0.3 is 18.9 Å². The van der Waals surface area contributed by atoms with Crippen LogP contribution < -0.4 is 9.47 Å². The molecule has 2 aromatic rings. The summed E-state index contributed by atoms with van der Waals surface area (Å²) in [5.74, 6) is 1.56. The van der Waals surface area contributed by atoms with Crippen LogP contribution in [0.4, 0.5) is 0 Å². The molecular formula is C24H28O5. The van der Waals surface area contributed by atoms with Gasteiger partial charge in [0, 0.05) is 17.5 Å². The molecule has 0 bridgehead atoms. The van der Waals surface area contributed by atoms with Gasteiger partial charge in [-0.2, -0.15) is 0 Å². The predicted molar refractivity (Wildman–Crippen MR) is 109 cm³/mol. The van der Waals surface area contributed by atoms with Gasteiger partial charge in [0.25, 0.3) is 0 Å². The summed E-state index contributed by atoms with van der Waals surface area (Å²) in [4.78, 5) is 12.5. The molecule has 29 heavy (non-hydrogen) atoms. The van der Waals surface area contributed by atoms with Crippen molar-refractivity contribution in [1.82, 2.24) is 0 Å². The van der Waals surface area contributed by atoms with Gasteiger partial charge in [-0.25, -0.2) is 0 Å². The van der Waals surface area contributed by atoms with Crippen LogP contribution in [-0.2, 0) is 14.3 Å². The zero-order valence-corrected chi connectivity index (χ0v) is 17.6. The smallest absolute Gasteiger partial charge is 0.306 e. The van der Waals surface area contributed by atoms with Crippen LogP contribution >= 0.6 is 0 Å². The third-order valence-electron chi connectivity index (χ3n) is 5.41. The Hall–Kier alpha value is -2.53. The van der Waals surface area contributed by atoms with E-state index in [2.05, 4.69) is 0 Å². The van der Waals surface area contributed by atoms with Gasteiger partial charge in [-0.05, 0) is 49.6 Å². The van der Waals surface area contributed by atoms with E-state index in [0.29, 0.717) is 6.42 Å². The number of hydrogen-bond acceptors (Lipinski definition) is 5. The van der Waals surface area contributed by atoms with E-state index in [1.54, 1.807) is 7.11 Å². The van der Waals surface area contributed by atoms with Crippen LogP contribution in [0, 0.1) is 5.92 Å². The lowest BCUT2D eigenvalue weighted by Gasteiger charge is -2.30. The summed E-state index contributed by atoms with van der Waals surface area (Å²) in [5.41, 5.74) is 2.44. The summed E-state index contributed by atoms with van der Waals surface area (Å²) < 4.78 is 23.3. The fourth-order valence-electron chi connectivity index (χ4n) is 3.91. The predicted octanol–water partition coefficient (Wildman–Crippen LogP) is 4.98. The molecule has 2 aliphatic heterocycles. The number of ether oxygens (including phenoxy) is 4. The Morgan fingerprint density at radius 3 is 2.62 bits per heavy atom. The first-order chi connectivity index (χ1) is 13.8. The van der Waals surface area contributed by atoms with Gasteiger partial charge >= 0.3 is 5.97 Å². The van der Waals surface area contributed by atoms with Crippen LogP contribution in [0.25, 0.3) is 0 Å². The summed E-state index contributed by atoms with van der Waals surface area (Å²) in [6.45, 7) is 8.09. The third kappa shape index (κ3) is 3.97. The summed E-state index contributed by atoms with van der Waals surface area (Å²) in [6.07, 6.45) is -0.0555. The van der Waals surface area contributed by atoms with Gasteiger partial charge in [0.1, 0.15) is 29.3 Å². The molecule has 2 aromatic carbocycles. The maximum atomic E-state index is 12.5. The quantitative estimate of drug-likeness (QED) is 0.509. The SMILES string of the molecule is COc1cccc(C(OC(=O)CC(C)C)c2ccc3c(c2)C2OC2C(C)(C)O3)c1. The number of epoxide rings is 1. The molecule has 0 N–H and O–H groups in total. The van der Waals surface area contributed by atoms with Crippen LogP contribution in [0.1, 0.15) is 63.0 Å². The van der Waals surface area contributed by atoms with Crippen LogP contribution in [0.2, 0.25) is 0 Å². The van der Waals surface area contributed by atoms with Crippen molar-refractivity contribution in [2.45, 2.75) is 58.0 Å². The number of carbonyl (C=O) groups excluding carboxylic acids is 1. The van der Waals surface area contributed by atoms with Crippen molar-refractivity contribution in [2.24, 2.45) is 5.92 Å². The zero-order valence-electron chi connectivity index (χ0n) is 17.6. The summed E-state index contributed by atoms with van der Waals surface area (Å²) >= 11 is 0. The largest absolute Gasteiger partial charge is 0.497 e. The number of fused-ring (bicyclic) bond motifs is 3. The number of carbonyl (C=O) groups is 1. The van der Waals surface area contributed by atoms with E-state index in [9.17, 15) is 4.79 Å². The molecule has 0 amide bonds. The Labute approximate surface area is 171 Å². The number of rotatable bonds is 6. The Balaban J connectivity index is 1.70. The van der Waals surface area contributed by atoms with Crippen molar-refractivity contribution >= 4 is 5.97 Å². The van der Waals surface area contributed by atoms with Crippen molar-refractivity contribution in [1.29, 1.82) is 0 Å². The highest BCUT2D eigenvalue weighted by Gasteiger charge is 2.56. The minimum atomic E-state index is -0.520. The van der Waals surface area contributed by atoms with E-state index in [1.807, 2.05) is 70.2 Å². The third-order valence-corrected chi connectivity index (χ3v) is 5.41. The second kappa shape index (κ2) is 7.38. The second-order valence-electron chi connectivity index (χ2n) is 8.72. The van der Waals surface area contributed by atoms with E-state index in [-0.39, 0.29) is 29.7 Å². The molecule has 0 spiro atoms. The minimum absolute atomic E-state index is 0.0334. The lowest BCUT2D eigenvalue weighted by Crippen LogP contribution is -2.37. The summed E-state index contributed by atoms with van der Waals surface area (Å²) in [5, 5.41) is 0. The topological polar surface area (TPSA) is 57.3 Å². The minimum Gasteiger partial charge on any atom is -0.497 e. The molecule has 0 saturated carbocycles. The highest BCUT2D eigenvalue weighted by atomic mass is 16.6. The zero-order chi connectivity index (χ0) is 20.8. The Morgan fingerprint density at radius 2 is 1.90 bits per heavy atom. The molecule has 0 aromatic heterocycles. The molecule has 0 radical (unpaired) electrons. The lowest BCUT2D eigenvalue weighted by molar-refractivity contribution is -0.148. The Kier molecular flexibility index (Phi) is 5.03. The van der Waals surface area contributed by atoms with Crippen molar-refractivity contribution in [2.75, 3.05) is 7.11 Å². The molecule has 1 fully saturated rings. The van der Waals surface area contributed by atoms with Gasteiger partial charge in [-0.15, -0.1) is 0 Å². The van der Waals surface area contributed by atoms with Crippen molar-refractivity contribution < 1.29 is 23.7 Å². The van der Waals surface area contributed by atoms with E-state index >= 15 is 0 Å². The Bertz CT molecular complexity index is 917. The fourth-order valence-corrected chi connectivity index (χ4v) is 3.91. The first kappa shape index (κ1) is 19.8. The van der Waals surface area contributed by atoms with Crippen molar-refractivity contribution in [3.05, 3.63) is 59.2 Å². The highest BCUT2D eigenvalue weighted by Crippen LogP contribution is 2.54. The van der Waals surface area contributed by atoms with E-state index < -0.39 is 6.10 Å². The van der Waals surface area contributed by atoms with E-state index in [0.717, 1.165) is 28.2 Å². The molecule has 154 valence electrons. The first-order valence-electron chi connectivity index (χ1n) is 10.1. The molecule has 2 aliphatic rings. The standard InChI is InChI=1S/C24H28O5/c1-14(2)11-20(25)27-21(15-7-6-8-17(12-15)26-5)16-9-10-19-18(13-16)22-23(28-22)24(3,4)29-19/h6-10,12-14,21-23H,11H2,1-5H3. The molecule has 0 aliphatic carbocycles. The molecule has 1 saturated heterocycles. The van der Waals surface area contributed by atoms with Gasteiger partial charge in [-0.1, -0.05) is 32.0 Å².